The Morgan fingerprint density at radius 3 is 2.29 bits per heavy atom. The highest BCUT2D eigenvalue weighted by molar-refractivity contribution is 6.06. The van der Waals surface area contributed by atoms with Crippen molar-refractivity contribution < 1.29 is 4.74 Å². The summed E-state index contributed by atoms with van der Waals surface area (Å²) < 4.78 is 5.42. The van der Waals surface area contributed by atoms with E-state index in [2.05, 4.69) is 59.4 Å². The summed E-state index contributed by atoms with van der Waals surface area (Å²) in [5.74, 6) is 3.58. The van der Waals surface area contributed by atoms with Crippen LogP contribution in [0.3, 0.4) is 0 Å². The minimum atomic E-state index is 0.283. The van der Waals surface area contributed by atoms with Gasteiger partial charge in [-0.05, 0) is 35.4 Å². The minimum Gasteiger partial charge on any atom is -0.364 e. The van der Waals surface area contributed by atoms with E-state index in [1.54, 1.807) is 0 Å². The van der Waals surface area contributed by atoms with E-state index >= 15 is 0 Å². The van der Waals surface area contributed by atoms with E-state index < -0.39 is 0 Å². The number of anilines is 1. The normalized spacial score (nSPS) is 17.2. The molecule has 1 fully saturated rings. The maximum atomic E-state index is 5.42. The fourth-order valence-corrected chi connectivity index (χ4v) is 3.43. The molecule has 1 unspecified atom stereocenters. The maximum absolute atomic E-state index is 5.42. The van der Waals surface area contributed by atoms with Crippen LogP contribution in [0.5, 0.6) is 0 Å². The van der Waals surface area contributed by atoms with Crippen LogP contribution in [0.1, 0.15) is 23.6 Å². The summed E-state index contributed by atoms with van der Waals surface area (Å²) in [6.45, 7) is 0.879. The van der Waals surface area contributed by atoms with Crippen molar-refractivity contribution in [1.82, 2.24) is 0 Å². The van der Waals surface area contributed by atoms with Crippen LogP contribution in [-0.2, 0) is 11.3 Å². The molecule has 0 amide bonds. The lowest BCUT2D eigenvalue weighted by atomic mass is 9.91. The first-order chi connectivity index (χ1) is 13.8. The fourth-order valence-electron chi connectivity index (χ4n) is 3.43. The van der Waals surface area contributed by atoms with Crippen molar-refractivity contribution in [2.75, 3.05) is 11.5 Å². The Bertz CT molecular complexity index is 973. The molecule has 0 N–H and O–H groups in total. The summed E-state index contributed by atoms with van der Waals surface area (Å²) >= 11 is 0. The molecule has 1 aliphatic rings. The smallest absolute Gasteiger partial charge is 0.112 e. The van der Waals surface area contributed by atoms with Gasteiger partial charge in [0.2, 0.25) is 0 Å². The number of aliphatic imine (C=N–C) groups is 1. The van der Waals surface area contributed by atoms with Crippen LogP contribution >= 0.6 is 0 Å². The highest BCUT2D eigenvalue weighted by atomic mass is 16.5. The van der Waals surface area contributed by atoms with E-state index in [1.165, 1.54) is 5.56 Å². The molecule has 0 saturated carbocycles. The Hall–Kier alpha value is -3.35. The van der Waals surface area contributed by atoms with E-state index in [1.807, 2.05) is 36.4 Å². The maximum Gasteiger partial charge on any atom is 0.112 e. The molecule has 0 radical (unpaired) electrons. The van der Waals surface area contributed by atoms with Crippen molar-refractivity contribution in [3.8, 4) is 12.3 Å². The third-order valence-electron chi connectivity index (χ3n) is 4.83. The molecule has 4 rings (SSSR count). The second kappa shape index (κ2) is 8.56. The highest BCUT2D eigenvalue weighted by Crippen LogP contribution is 2.40. The Labute approximate surface area is 166 Å². The van der Waals surface area contributed by atoms with Crippen LogP contribution < -0.4 is 4.90 Å². The van der Waals surface area contributed by atoms with Crippen LogP contribution in [0.25, 0.3) is 0 Å². The van der Waals surface area contributed by atoms with Crippen molar-refractivity contribution in [3.05, 3.63) is 96.1 Å². The second-order valence-electron chi connectivity index (χ2n) is 6.73. The van der Waals surface area contributed by atoms with Gasteiger partial charge in [-0.2, -0.15) is 0 Å². The predicted octanol–water partition coefficient (Wildman–Crippen LogP) is 5.52. The number of terminal acetylenes is 1. The van der Waals surface area contributed by atoms with Gasteiger partial charge in [0, 0.05) is 12.1 Å². The zero-order valence-electron chi connectivity index (χ0n) is 15.7. The first-order valence-electron chi connectivity index (χ1n) is 9.42. The Balaban J connectivity index is 1.57. The van der Waals surface area contributed by atoms with E-state index in [4.69, 9.17) is 16.2 Å². The molecule has 138 valence electrons. The average molecular weight is 366 g/mol. The zero-order chi connectivity index (χ0) is 19.2. The average Bonchev–Trinajstić information content (AvgIpc) is 2.73. The quantitative estimate of drug-likeness (QED) is 0.424. The number of rotatable bonds is 6. The van der Waals surface area contributed by atoms with Gasteiger partial charge in [-0.3, -0.25) is 0 Å². The number of benzene rings is 3. The predicted molar refractivity (Wildman–Crippen MR) is 115 cm³/mol. The lowest BCUT2D eigenvalue weighted by Gasteiger charge is -2.44. The largest absolute Gasteiger partial charge is 0.364 e. The molecule has 28 heavy (non-hydrogen) atoms. The first-order valence-corrected chi connectivity index (χ1v) is 9.42. The summed E-state index contributed by atoms with van der Waals surface area (Å²) in [7, 11) is 0. The third-order valence-corrected chi connectivity index (χ3v) is 4.83. The molecule has 0 aliphatic carbocycles. The molecule has 0 aromatic heterocycles. The van der Waals surface area contributed by atoms with Gasteiger partial charge >= 0.3 is 0 Å². The number of hydrogen-bond acceptors (Lipinski definition) is 2. The molecular formula is C25H22N2O. The van der Waals surface area contributed by atoms with E-state index in [9.17, 15) is 0 Å². The third kappa shape index (κ3) is 3.98. The summed E-state index contributed by atoms with van der Waals surface area (Å²) in [5, 5.41) is 0. The van der Waals surface area contributed by atoms with Gasteiger partial charge in [0.15, 0.2) is 0 Å². The number of amidine groups is 1. The van der Waals surface area contributed by atoms with Crippen molar-refractivity contribution in [2.45, 2.75) is 19.1 Å². The molecule has 1 atom stereocenters. The second-order valence-corrected chi connectivity index (χ2v) is 6.73. The Kier molecular flexibility index (Phi) is 5.51. The van der Waals surface area contributed by atoms with Crippen LogP contribution in [0, 0.1) is 12.3 Å². The van der Waals surface area contributed by atoms with Crippen molar-refractivity contribution in [3.63, 3.8) is 0 Å². The summed E-state index contributed by atoms with van der Waals surface area (Å²) in [5.41, 5.74) is 4.55. The lowest BCUT2D eigenvalue weighted by Crippen LogP contribution is -2.46. The number of hydrogen-bond donors (Lipinski definition) is 0. The molecule has 0 bridgehead atoms. The number of nitrogens with zero attached hydrogens (tertiary/aromatic N) is 2. The molecule has 0 spiro atoms. The Morgan fingerprint density at radius 2 is 1.61 bits per heavy atom. The van der Waals surface area contributed by atoms with Gasteiger partial charge in [0.25, 0.3) is 0 Å². The summed E-state index contributed by atoms with van der Waals surface area (Å²) in [4.78, 5) is 7.19. The van der Waals surface area contributed by atoms with E-state index in [0.29, 0.717) is 13.2 Å². The molecule has 3 heteroatoms. The molecule has 1 saturated heterocycles. The molecule has 1 aliphatic heterocycles. The molecule has 3 nitrogen and oxygen atoms in total. The van der Waals surface area contributed by atoms with Crippen LogP contribution in [-0.4, -0.2) is 12.4 Å². The van der Waals surface area contributed by atoms with Crippen molar-refractivity contribution in [1.29, 1.82) is 0 Å². The monoisotopic (exact) mass is 366 g/mol. The first kappa shape index (κ1) is 18.0. The molecular weight excluding hydrogens is 344 g/mol. The zero-order valence-corrected chi connectivity index (χ0v) is 15.7. The van der Waals surface area contributed by atoms with Crippen LogP contribution in [0.2, 0.25) is 0 Å². The highest BCUT2D eigenvalue weighted by Gasteiger charge is 2.36. The SMILES string of the molecule is C#CCOCc1ccc(C2CC(=Nc3ccccc3)N2c2ccccc2)cc1. The number of ether oxygens (including phenoxy) is 1. The lowest BCUT2D eigenvalue weighted by molar-refractivity contribution is 0.153. The number of para-hydroxylation sites is 2. The summed E-state index contributed by atoms with van der Waals surface area (Å²) in [6.07, 6.45) is 6.14. The van der Waals surface area contributed by atoms with Gasteiger partial charge in [0.1, 0.15) is 12.4 Å². The molecule has 3 aromatic rings. The van der Waals surface area contributed by atoms with Gasteiger partial charge in [0.05, 0.1) is 18.3 Å². The Morgan fingerprint density at radius 1 is 0.929 bits per heavy atom. The van der Waals surface area contributed by atoms with Crippen LogP contribution in [0.15, 0.2) is 89.9 Å². The van der Waals surface area contributed by atoms with Gasteiger partial charge in [-0.25, -0.2) is 4.99 Å². The van der Waals surface area contributed by atoms with E-state index in [-0.39, 0.29) is 6.04 Å². The standard InChI is InChI=1S/C25H22N2O/c1-2-17-28-19-20-13-15-21(16-14-20)24-18-25(26-22-9-5-3-6-10-22)27(24)23-11-7-4-8-12-23/h1,3-16,24H,17-19H2. The van der Waals surface area contributed by atoms with Gasteiger partial charge in [-0.1, -0.05) is 66.6 Å². The van der Waals surface area contributed by atoms with Crippen molar-refractivity contribution >= 4 is 17.2 Å². The summed E-state index contributed by atoms with van der Waals surface area (Å²) in [6, 6.07) is 29.4. The topological polar surface area (TPSA) is 24.8 Å². The van der Waals surface area contributed by atoms with Crippen molar-refractivity contribution in [2.24, 2.45) is 4.99 Å². The van der Waals surface area contributed by atoms with Crippen LogP contribution in [0.4, 0.5) is 11.4 Å². The van der Waals surface area contributed by atoms with Gasteiger partial charge in [-0.15, -0.1) is 6.42 Å². The van der Waals surface area contributed by atoms with E-state index in [0.717, 1.165) is 29.2 Å². The molecule has 1 heterocycles. The molecule has 3 aromatic carbocycles. The van der Waals surface area contributed by atoms with Gasteiger partial charge < -0.3 is 9.64 Å². The minimum absolute atomic E-state index is 0.283. The fraction of sp³-hybridized carbons (Fsp3) is 0.160.